The van der Waals surface area contributed by atoms with Gasteiger partial charge in [-0.2, -0.15) is 13.2 Å². The van der Waals surface area contributed by atoms with Crippen molar-refractivity contribution in [2.45, 2.75) is 33.0 Å². The van der Waals surface area contributed by atoms with Gasteiger partial charge in [-0.25, -0.2) is 0 Å². The number of piperazine rings is 1. The largest absolute Gasteiger partial charge is 0.406 e. The summed E-state index contributed by atoms with van der Waals surface area (Å²) < 4.78 is 37.1. The molecule has 0 bridgehead atoms. The van der Waals surface area contributed by atoms with Crippen LogP contribution in [0.15, 0.2) is 0 Å². The van der Waals surface area contributed by atoms with E-state index in [0.717, 1.165) is 0 Å². The topological polar surface area (TPSA) is 49.4 Å². The molecule has 1 saturated heterocycles. The van der Waals surface area contributed by atoms with E-state index in [1.165, 1.54) is 0 Å². The summed E-state index contributed by atoms with van der Waals surface area (Å²) in [7, 11) is 0. The minimum Gasteiger partial charge on any atom is -0.345 e. The smallest absolute Gasteiger partial charge is 0.345 e. The fraction of sp³-hybridized carbons (Fsp3) is 0.800. The summed E-state index contributed by atoms with van der Waals surface area (Å²) in [5.41, 5.74) is -0.745. The lowest BCUT2D eigenvalue weighted by molar-refractivity contribution is -0.176. The molecule has 1 aliphatic rings. The Bertz CT molecular complexity index is 333. The van der Waals surface area contributed by atoms with Crippen molar-refractivity contribution >= 4 is 11.8 Å². The SMILES string of the molecule is CC(C)(C)C1C(=O)NCC(=O)N1CC(F)(F)F. The quantitative estimate of drug-likeness (QED) is 0.754. The maximum absolute atomic E-state index is 12.4. The van der Waals surface area contributed by atoms with Crippen molar-refractivity contribution in [3.05, 3.63) is 0 Å². The Balaban J connectivity index is 3.01. The van der Waals surface area contributed by atoms with Crippen molar-refractivity contribution in [2.75, 3.05) is 13.1 Å². The zero-order chi connectivity index (χ0) is 13.4. The number of hydrogen-bond donors (Lipinski definition) is 1. The van der Waals surface area contributed by atoms with Crippen molar-refractivity contribution in [1.82, 2.24) is 10.2 Å². The first-order valence-corrected chi connectivity index (χ1v) is 5.16. The second kappa shape index (κ2) is 4.19. The van der Waals surface area contributed by atoms with Gasteiger partial charge in [-0.05, 0) is 5.41 Å². The Labute approximate surface area is 97.1 Å². The minimum absolute atomic E-state index is 0.374. The van der Waals surface area contributed by atoms with Crippen molar-refractivity contribution in [3.8, 4) is 0 Å². The molecule has 7 heteroatoms. The molecule has 17 heavy (non-hydrogen) atoms. The molecule has 1 N–H and O–H groups in total. The summed E-state index contributed by atoms with van der Waals surface area (Å²) in [5, 5.41) is 2.31. The molecule has 2 amide bonds. The molecule has 1 heterocycles. The van der Waals surface area contributed by atoms with Gasteiger partial charge in [-0.15, -0.1) is 0 Å². The van der Waals surface area contributed by atoms with Crippen LogP contribution in [0.25, 0.3) is 0 Å². The Morgan fingerprint density at radius 3 is 2.24 bits per heavy atom. The van der Waals surface area contributed by atoms with E-state index in [4.69, 9.17) is 0 Å². The first-order chi connectivity index (χ1) is 7.52. The Morgan fingerprint density at radius 1 is 1.29 bits per heavy atom. The highest BCUT2D eigenvalue weighted by Gasteiger charge is 2.46. The number of amides is 2. The molecule has 1 rings (SSSR count). The van der Waals surface area contributed by atoms with Gasteiger partial charge in [0.2, 0.25) is 11.8 Å². The second-order valence-corrected chi connectivity index (χ2v) is 5.12. The summed E-state index contributed by atoms with van der Waals surface area (Å²) in [6, 6.07) is -1.09. The van der Waals surface area contributed by atoms with Gasteiger partial charge in [0.25, 0.3) is 0 Å². The van der Waals surface area contributed by atoms with E-state index in [1.54, 1.807) is 20.8 Å². The van der Waals surface area contributed by atoms with E-state index in [9.17, 15) is 22.8 Å². The van der Waals surface area contributed by atoms with Gasteiger partial charge in [-0.3, -0.25) is 9.59 Å². The van der Waals surface area contributed by atoms with Crippen molar-refractivity contribution in [3.63, 3.8) is 0 Å². The number of carbonyl (C=O) groups is 2. The third-order valence-electron chi connectivity index (χ3n) is 2.46. The van der Waals surface area contributed by atoms with Crippen LogP contribution in [0.3, 0.4) is 0 Å². The minimum atomic E-state index is -4.50. The highest BCUT2D eigenvalue weighted by atomic mass is 19.4. The number of alkyl halides is 3. The average Bonchev–Trinajstić information content (AvgIpc) is 2.06. The predicted octanol–water partition coefficient (Wildman–Crippen LogP) is 0.922. The first-order valence-electron chi connectivity index (χ1n) is 5.16. The standard InChI is InChI=1S/C10H15F3N2O2/c1-9(2,3)7-8(17)14-4-6(16)15(7)5-10(11,12)13/h7H,4-5H2,1-3H3,(H,14,17). The second-order valence-electron chi connectivity index (χ2n) is 5.12. The Hall–Kier alpha value is -1.27. The van der Waals surface area contributed by atoms with Gasteiger partial charge in [0.1, 0.15) is 12.6 Å². The lowest BCUT2D eigenvalue weighted by atomic mass is 9.84. The molecule has 4 nitrogen and oxygen atoms in total. The molecule has 0 radical (unpaired) electrons. The number of halogens is 3. The molecule has 1 atom stereocenters. The molecule has 1 fully saturated rings. The fourth-order valence-corrected chi connectivity index (χ4v) is 1.88. The van der Waals surface area contributed by atoms with Crippen LogP contribution in [0, 0.1) is 5.41 Å². The van der Waals surface area contributed by atoms with Crippen LogP contribution >= 0.6 is 0 Å². The van der Waals surface area contributed by atoms with Crippen LogP contribution in [0.5, 0.6) is 0 Å². The summed E-state index contributed by atoms with van der Waals surface area (Å²) in [6.45, 7) is 3.11. The lowest BCUT2D eigenvalue weighted by Crippen LogP contribution is -2.64. The maximum Gasteiger partial charge on any atom is 0.406 e. The molecular formula is C10H15F3N2O2. The van der Waals surface area contributed by atoms with Gasteiger partial charge in [0.05, 0.1) is 6.54 Å². The van der Waals surface area contributed by atoms with E-state index in [0.29, 0.717) is 4.90 Å². The van der Waals surface area contributed by atoms with E-state index < -0.39 is 36.0 Å². The maximum atomic E-state index is 12.4. The number of carbonyl (C=O) groups excluding carboxylic acids is 2. The average molecular weight is 252 g/mol. The van der Waals surface area contributed by atoms with Gasteiger partial charge < -0.3 is 10.2 Å². The third kappa shape index (κ3) is 3.34. The zero-order valence-corrected chi connectivity index (χ0v) is 9.89. The number of hydrogen-bond acceptors (Lipinski definition) is 2. The number of nitrogens with one attached hydrogen (secondary N) is 1. The monoisotopic (exact) mass is 252 g/mol. The first kappa shape index (κ1) is 13.8. The van der Waals surface area contributed by atoms with Crippen molar-refractivity contribution in [2.24, 2.45) is 5.41 Å². The van der Waals surface area contributed by atoms with Gasteiger partial charge in [-0.1, -0.05) is 20.8 Å². The molecule has 1 aliphatic heterocycles. The number of rotatable bonds is 1. The molecule has 0 aliphatic carbocycles. The number of nitrogens with zero attached hydrogens (tertiary/aromatic N) is 1. The highest BCUT2D eigenvalue weighted by Crippen LogP contribution is 2.29. The summed E-state index contributed by atoms with van der Waals surface area (Å²) in [5.74, 6) is -1.25. The van der Waals surface area contributed by atoms with Crippen LogP contribution < -0.4 is 5.32 Å². The third-order valence-corrected chi connectivity index (χ3v) is 2.46. The fourth-order valence-electron chi connectivity index (χ4n) is 1.88. The normalized spacial score (nSPS) is 22.7. The summed E-state index contributed by atoms with van der Waals surface area (Å²) in [6.07, 6.45) is -4.50. The summed E-state index contributed by atoms with van der Waals surface area (Å²) >= 11 is 0. The summed E-state index contributed by atoms with van der Waals surface area (Å²) in [4.78, 5) is 23.7. The molecule has 0 aromatic carbocycles. The molecule has 0 aromatic heterocycles. The molecule has 0 spiro atoms. The van der Waals surface area contributed by atoms with Gasteiger partial charge >= 0.3 is 6.18 Å². The van der Waals surface area contributed by atoms with Crippen LogP contribution in [-0.2, 0) is 9.59 Å². The van der Waals surface area contributed by atoms with E-state index in [2.05, 4.69) is 5.32 Å². The van der Waals surface area contributed by atoms with E-state index in [-0.39, 0.29) is 6.54 Å². The van der Waals surface area contributed by atoms with Gasteiger partial charge in [0.15, 0.2) is 0 Å². The highest BCUT2D eigenvalue weighted by molar-refractivity contribution is 5.95. The van der Waals surface area contributed by atoms with Crippen molar-refractivity contribution in [1.29, 1.82) is 0 Å². The van der Waals surface area contributed by atoms with Crippen LogP contribution in [-0.4, -0.2) is 42.0 Å². The Kier molecular flexibility index (Phi) is 3.40. The Morgan fingerprint density at radius 2 is 1.82 bits per heavy atom. The lowest BCUT2D eigenvalue weighted by Gasteiger charge is -2.42. The molecular weight excluding hydrogens is 237 g/mol. The molecule has 0 saturated carbocycles. The van der Waals surface area contributed by atoms with Crippen molar-refractivity contribution < 1.29 is 22.8 Å². The van der Waals surface area contributed by atoms with Gasteiger partial charge in [0, 0.05) is 0 Å². The van der Waals surface area contributed by atoms with E-state index in [1.807, 2.05) is 0 Å². The predicted molar refractivity (Wildman–Crippen MR) is 54.0 cm³/mol. The van der Waals surface area contributed by atoms with Crippen LogP contribution in [0.1, 0.15) is 20.8 Å². The van der Waals surface area contributed by atoms with Crippen LogP contribution in [0.2, 0.25) is 0 Å². The van der Waals surface area contributed by atoms with Crippen LogP contribution in [0.4, 0.5) is 13.2 Å². The molecule has 98 valence electrons. The molecule has 0 aromatic rings. The molecule has 1 unspecified atom stereocenters. The zero-order valence-electron chi connectivity index (χ0n) is 9.89. The van der Waals surface area contributed by atoms with E-state index >= 15 is 0 Å².